The maximum absolute atomic E-state index is 11.6. The predicted molar refractivity (Wildman–Crippen MR) is 78.8 cm³/mol. The molecule has 0 bridgehead atoms. The molecule has 0 N–H and O–H groups in total. The number of rotatable bonds is 5. The van der Waals surface area contributed by atoms with Crippen LogP contribution in [-0.2, 0) is 16.1 Å². The van der Waals surface area contributed by atoms with E-state index in [2.05, 4.69) is 26.9 Å². The second-order valence-electron chi connectivity index (χ2n) is 5.01. The molecular weight excluding hydrogens is 306 g/mol. The smallest absolute Gasteiger partial charge is 0.319 e. The Morgan fingerprint density at radius 2 is 2.05 bits per heavy atom. The Morgan fingerprint density at radius 1 is 1.37 bits per heavy atom. The lowest BCUT2D eigenvalue weighted by Gasteiger charge is -2.28. The number of halogens is 1. The van der Waals surface area contributed by atoms with Crippen LogP contribution in [-0.4, -0.2) is 30.6 Å². The zero-order valence-corrected chi connectivity index (χ0v) is 12.9. The summed E-state index contributed by atoms with van der Waals surface area (Å²) in [4.78, 5) is 13.8. The van der Waals surface area contributed by atoms with Gasteiger partial charge in [0.2, 0.25) is 0 Å². The minimum absolute atomic E-state index is 0.154. The van der Waals surface area contributed by atoms with Crippen LogP contribution in [0.5, 0.6) is 0 Å². The normalized spacial score (nSPS) is 15.9. The number of benzene rings is 1. The molecule has 0 unspecified atom stereocenters. The Labute approximate surface area is 123 Å². The molecule has 1 saturated carbocycles. The third-order valence-electron chi connectivity index (χ3n) is 3.73. The van der Waals surface area contributed by atoms with Crippen molar-refractivity contribution in [1.29, 1.82) is 0 Å². The van der Waals surface area contributed by atoms with Crippen molar-refractivity contribution in [3.8, 4) is 0 Å². The molecule has 3 nitrogen and oxygen atoms in total. The summed E-state index contributed by atoms with van der Waals surface area (Å²) in [6.07, 6.45) is 4.89. The van der Waals surface area contributed by atoms with Gasteiger partial charge < -0.3 is 4.74 Å². The average Bonchev–Trinajstić information content (AvgIpc) is 2.94. The second kappa shape index (κ2) is 7.06. The molecule has 104 valence electrons. The van der Waals surface area contributed by atoms with Crippen LogP contribution in [0.1, 0.15) is 31.2 Å². The molecule has 0 saturated heterocycles. The Bertz CT molecular complexity index is 430. The van der Waals surface area contributed by atoms with Gasteiger partial charge in [-0.15, -0.1) is 0 Å². The molecule has 0 atom stereocenters. The van der Waals surface area contributed by atoms with Crippen LogP contribution < -0.4 is 0 Å². The fraction of sp³-hybridized carbons (Fsp3) is 0.533. The molecule has 1 aliphatic rings. The summed E-state index contributed by atoms with van der Waals surface area (Å²) in [7, 11) is 1.45. The van der Waals surface area contributed by atoms with Crippen LogP contribution in [0.15, 0.2) is 28.7 Å². The maximum Gasteiger partial charge on any atom is 0.319 e. The van der Waals surface area contributed by atoms with E-state index >= 15 is 0 Å². The van der Waals surface area contributed by atoms with Gasteiger partial charge in [-0.2, -0.15) is 0 Å². The summed E-state index contributed by atoms with van der Waals surface area (Å²) >= 11 is 3.57. The van der Waals surface area contributed by atoms with E-state index in [1.807, 2.05) is 18.2 Å². The van der Waals surface area contributed by atoms with Crippen molar-refractivity contribution in [3.05, 3.63) is 34.3 Å². The highest BCUT2D eigenvalue weighted by atomic mass is 79.9. The zero-order chi connectivity index (χ0) is 13.7. The van der Waals surface area contributed by atoms with Crippen molar-refractivity contribution < 1.29 is 9.53 Å². The Balaban J connectivity index is 2.08. The molecule has 0 heterocycles. The van der Waals surface area contributed by atoms with Crippen molar-refractivity contribution in [2.24, 2.45) is 0 Å². The molecule has 2 rings (SSSR count). The van der Waals surface area contributed by atoms with E-state index < -0.39 is 0 Å². The molecular formula is C15H20BrNO2. The van der Waals surface area contributed by atoms with Gasteiger partial charge in [-0.3, -0.25) is 9.69 Å². The third-order valence-corrected chi connectivity index (χ3v) is 4.51. The van der Waals surface area contributed by atoms with Gasteiger partial charge in [0.25, 0.3) is 0 Å². The number of ether oxygens (including phenoxy) is 1. The fourth-order valence-electron chi connectivity index (χ4n) is 2.66. The van der Waals surface area contributed by atoms with Crippen molar-refractivity contribution in [2.75, 3.05) is 13.7 Å². The van der Waals surface area contributed by atoms with Crippen molar-refractivity contribution in [1.82, 2.24) is 4.90 Å². The number of hydrogen-bond acceptors (Lipinski definition) is 3. The molecule has 1 aromatic rings. The molecule has 0 amide bonds. The van der Waals surface area contributed by atoms with E-state index in [4.69, 9.17) is 4.74 Å². The third kappa shape index (κ3) is 4.05. The Hall–Kier alpha value is -0.870. The lowest BCUT2D eigenvalue weighted by atomic mass is 10.1. The fourth-order valence-corrected chi connectivity index (χ4v) is 3.07. The minimum Gasteiger partial charge on any atom is -0.468 e. The summed E-state index contributed by atoms with van der Waals surface area (Å²) in [5.74, 6) is -0.154. The van der Waals surface area contributed by atoms with E-state index in [1.54, 1.807) is 0 Å². The van der Waals surface area contributed by atoms with E-state index in [-0.39, 0.29) is 5.97 Å². The van der Waals surface area contributed by atoms with Gasteiger partial charge in [-0.05, 0) is 24.5 Å². The standard InChI is InChI=1S/C15H20BrNO2/c1-19-15(18)11-17(13-7-3-4-8-13)10-12-6-2-5-9-14(12)16/h2,5-6,9,13H,3-4,7-8,10-11H2,1H3. The van der Waals surface area contributed by atoms with Crippen LogP contribution in [0.4, 0.5) is 0 Å². The van der Waals surface area contributed by atoms with Crippen LogP contribution in [0, 0.1) is 0 Å². The van der Waals surface area contributed by atoms with Crippen LogP contribution in [0.2, 0.25) is 0 Å². The quantitative estimate of drug-likeness (QED) is 0.777. The SMILES string of the molecule is COC(=O)CN(Cc1ccccc1Br)C1CCCC1. The first-order valence-electron chi connectivity index (χ1n) is 6.75. The molecule has 0 radical (unpaired) electrons. The van der Waals surface area contributed by atoms with Crippen LogP contribution in [0.25, 0.3) is 0 Å². The zero-order valence-electron chi connectivity index (χ0n) is 11.3. The molecule has 19 heavy (non-hydrogen) atoms. The number of methoxy groups -OCH3 is 1. The highest BCUT2D eigenvalue weighted by molar-refractivity contribution is 9.10. The van der Waals surface area contributed by atoms with Crippen molar-refractivity contribution in [2.45, 2.75) is 38.3 Å². The molecule has 0 spiro atoms. The molecule has 4 heteroatoms. The number of esters is 1. The predicted octanol–water partition coefficient (Wildman–Crippen LogP) is 3.37. The lowest BCUT2D eigenvalue weighted by Crippen LogP contribution is -2.37. The number of hydrogen-bond donors (Lipinski definition) is 0. The number of carbonyl (C=O) groups excluding carboxylic acids is 1. The summed E-state index contributed by atoms with van der Waals surface area (Å²) in [6, 6.07) is 8.69. The molecule has 0 aliphatic heterocycles. The van der Waals surface area contributed by atoms with Gasteiger partial charge in [0, 0.05) is 17.1 Å². The maximum atomic E-state index is 11.6. The van der Waals surface area contributed by atoms with E-state index in [1.165, 1.54) is 38.4 Å². The highest BCUT2D eigenvalue weighted by Crippen LogP contribution is 2.26. The Kier molecular flexibility index (Phi) is 5.40. The van der Waals surface area contributed by atoms with Gasteiger partial charge in [-0.25, -0.2) is 0 Å². The minimum atomic E-state index is -0.154. The summed E-state index contributed by atoms with van der Waals surface area (Å²) in [5.41, 5.74) is 1.22. The molecule has 1 aromatic carbocycles. The first kappa shape index (κ1) is 14.5. The van der Waals surface area contributed by atoms with Crippen LogP contribution >= 0.6 is 15.9 Å². The van der Waals surface area contributed by atoms with E-state index in [0.717, 1.165) is 11.0 Å². The van der Waals surface area contributed by atoms with Crippen LogP contribution in [0.3, 0.4) is 0 Å². The van der Waals surface area contributed by atoms with Gasteiger partial charge in [0.05, 0.1) is 13.7 Å². The average molecular weight is 326 g/mol. The molecule has 0 aromatic heterocycles. The van der Waals surface area contributed by atoms with Crippen molar-refractivity contribution >= 4 is 21.9 Å². The summed E-state index contributed by atoms with van der Waals surface area (Å²) < 4.78 is 5.92. The van der Waals surface area contributed by atoms with Gasteiger partial charge in [0.1, 0.15) is 0 Å². The lowest BCUT2D eigenvalue weighted by molar-refractivity contribution is -0.142. The monoisotopic (exact) mass is 325 g/mol. The summed E-state index contributed by atoms with van der Waals surface area (Å²) in [5, 5.41) is 0. The topological polar surface area (TPSA) is 29.5 Å². The Morgan fingerprint density at radius 3 is 2.68 bits per heavy atom. The molecule has 1 aliphatic carbocycles. The first-order valence-corrected chi connectivity index (χ1v) is 7.54. The van der Waals surface area contributed by atoms with Gasteiger partial charge >= 0.3 is 5.97 Å². The largest absolute Gasteiger partial charge is 0.468 e. The number of carbonyl (C=O) groups is 1. The van der Waals surface area contributed by atoms with E-state index in [0.29, 0.717) is 12.6 Å². The van der Waals surface area contributed by atoms with Crippen molar-refractivity contribution in [3.63, 3.8) is 0 Å². The first-order chi connectivity index (χ1) is 9.20. The number of nitrogens with zero attached hydrogens (tertiary/aromatic N) is 1. The summed E-state index contributed by atoms with van der Waals surface area (Å²) in [6.45, 7) is 1.17. The highest BCUT2D eigenvalue weighted by Gasteiger charge is 2.25. The van der Waals surface area contributed by atoms with E-state index in [9.17, 15) is 4.79 Å². The van der Waals surface area contributed by atoms with Gasteiger partial charge in [0.15, 0.2) is 0 Å². The second-order valence-corrected chi connectivity index (χ2v) is 5.87. The molecule has 1 fully saturated rings. The van der Waals surface area contributed by atoms with Gasteiger partial charge in [-0.1, -0.05) is 47.0 Å².